The lowest BCUT2D eigenvalue weighted by Gasteiger charge is -2.14. The van der Waals surface area contributed by atoms with E-state index in [2.05, 4.69) is 20.8 Å². The van der Waals surface area contributed by atoms with Crippen LogP contribution in [-0.2, 0) is 17.5 Å². The standard InChI is InChI=1S/C26H21F4N5O2S/c1-16-5-4-6-19(13-16)35-22(14-31-24(37)20-7-2-3-8-21(20)26(28,29)30)33-34-25(35)38-15-23(36)32-18-11-9-17(27)10-12-18/h2-13H,14-15H2,1H3,(H,31,37)(H,32,36). The molecule has 0 unspecified atom stereocenters. The Morgan fingerprint density at radius 2 is 1.71 bits per heavy atom. The minimum atomic E-state index is -4.69. The molecule has 0 radical (unpaired) electrons. The zero-order valence-electron chi connectivity index (χ0n) is 19.9. The number of amides is 2. The summed E-state index contributed by atoms with van der Waals surface area (Å²) in [7, 11) is 0. The molecule has 3 aromatic carbocycles. The van der Waals surface area contributed by atoms with Gasteiger partial charge in [-0.1, -0.05) is 36.0 Å². The van der Waals surface area contributed by atoms with Crippen LogP contribution in [-0.4, -0.2) is 32.3 Å². The Kier molecular flexibility index (Phi) is 8.10. The van der Waals surface area contributed by atoms with Gasteiger partial charge in [0, 0.05) is 11.4 Å². The van der Waals surface area contributed by atoms with Gasteiger partial charge in [-0.2, -0.15) is 13.2 Å². The van der Waals surface area contributed by atoms with Gasteiger partial charge in [0.05, 0.1) is 23.4 Å². The first-order valence-electron chi connectivity index (χ1n) is 11.3. The smallest absolute Gasteiger partial charge is 0.345 e. The van der Waals surface area contributed by atoms with E-state index in [9.17, 15) is 27.2 Å². The summed E-state index contributed by atoms with van der Waals surface area (Å²) in [5.74, 6) is -1.49. The van der Waals surface area contributed by atoms with Crippen LogP contribution in [0.15, 0.2) is 78.0 Å². The number of aryl methyl sites for hydroxylation is 1. The van der Waals surface area contributed by atoms with Crippen molar-refractivity contribution in [1.29, 1.82) is 0 Å². The number of nitrogens with one attached hydrogen (secondary N) is 2. The van der Waals surface area contributed by atoms with Crippen LogP contribution in [0.5, 0.6) is 0 Å². The summed E-state index contributed by atoms with van der Waals surface area (Å²) in [6, 6.07) is 17.1. The molecule has 0 aliphatic carbocycles. The van der Waals surface area contributed by atoms with Gasteiger partial charge in [-0.15, -0.1) is 10.2 Å². The van der Waals surface area contributed by atoms with E-state index in [4.69, 9.17) is 0 Å². The number of hydrogen-bond acceptors (Lipinski definition) is 5. The average molecular weight is 544 g/mol. The fourth-order valence-electron chi connectivity index (χ4n) is 3.58. The second kappa shape index (κ2) is 11.5. The summed E-state index contributed by atoms with van der Waals surface area (Å²) in [6.07, 6.45) is -4.69. The van der Waals surface area contributed by atoms with Gasteiger partial charge in [-0.05, 0) is 61.0 Å². The number of alkyl halides is 3. The predicted molar refractivity (Wildman–Crippen MR) is 134 cm³/mol. The van der Waals surface area contributed by atoms with Crippen LogP contribution in [0.1, 0.15) is 27.3 Å². The van der Waals surface area contributed by atoms with Crippen LogP contribution < -0.4 is 10.6 Å². The molecule has 0 atom stereocenters. The molecule has 38 heavy (non-hydrogen) atoms. The molecule has 7 nitrogen and oxygen atoms in total. The number of rotatable bonds is 8. The monoisotopic (exact) mass is 543 g/mol. The van der Waals surface area contributed by atoms with Gasteiger partial charge in [-0.3, -0.25) is 14.2 Å². The third-order valence-corrected chi connectivity index (χ3v) is 6.23. The van der Waals surface area contributed by atoms with Crippen molar-refractivity contribution in [3.8, 4) is 5.69 Å². The molecular weight excluding hydrogens is 522 g/mol. The van der Waals surface area contributed by atoms with Crippen molar-refractivity contribution in [3.05, 3.63) is 101 Å². The Morgan fingerprint density at radius 3 is 2.42 bits per heavy atom. The van der Waals surface area contributed by atoms with E-state index >= 15 is 0 Å². The van der Waals surface area contributed by atoms with Gasteiger partial charge in [0.15, 0.2) is 11.0 Å². The molecule has 4 aromatic rings. The van der Waals surface area contributed by atoms with Gasteiger partial charge in [0.1, 0.15) is 5.82 Å². The summed E-state index contributed by atoms with van der Waals surface area (Å²) in [5, 5.41) is 13.7. The second-order valence-corrected chi connectivity index (χ2v) is 9.09. The molecular formula is C26H21F4N5O2S. The maximum atomic E-state index is 13.3. The predicted octanol–water partition coefficient (Wildman–Crippen LogP) is 5.39. The number of thioether (sulfide) groups is 1. The van der Waals surface area contributed by atoms with E-state index in [1.54, 1.807) is 10.6 Å². The van der Waals surface area contributed by atoms with Crippen molar-refractivity contribution in [2.24, 2.45) is 0 Å². The third-order valence-electron chi connectivity index (χ3n) is 5.30. The van der Waals surface area contributed by atoms with Crippen molar-refractivity contribution in [1.82, 2.24) is 20.1 Å². The number of carbonyl (C=O) groups excluding carboxylic acids is 2. The quantitative estimate of drug-likeness (QED) is 0.230. The first-order valence-corrected chi connectivity index (χ1v) is 12.2. The number of carbonyl (C=O) groups is 2. The third kappa shape index (κ3) is 6.57. The molecule has 2 amide bonds. The van der Waals surface area contributed by atoms with Crippen LogP contribution in [0, 0.1) is 12.7 Å². The Bertz CT molecular complexity index is 1450. The lowest BCUT2D eigenvalue weighted by atomic mass is 10.1. The van der Waals surface area contributed by atoms with Crippen molar-refractivity contribution in [2.45, 2.75) is 24.8 Å². The number of benzene rings is 3. The fourth-order valence-corrected chi connectivity index (χ4v) is 4.35. The molecule has 0 aliphatic rings. The molecule has 12 heteroatoms. The lowest BCUT2D eigenvalue weighted by Crippen LogP contribution is -2.27. The summed E-state index contributed by atoms with van der Waals surface area (Å²) in [4.78, 5) is 25.1. The zero-order chi connectivity index (χ0) is 27.3. The van der Waals surface area contributed by atoms with Gasteiger partial charge in [0.25, 0.3) is 5.91 Å². The largest absolute Gasteiger partial charge is 0.417 e. The highest BCUT2D eigenvalue weighted by molar-refractivity contribution is 7.99. The van der Waals surface area contributed by atoms with E-state index in [0.717, 1.165) is 29.5 Å². The maximum Gasteiger partial charge on any atom is 0.417 e. The Hall–Kier alpha value is -4.19. The van der Waals surface area contributed by atoms with E-state index in [1.165, 1.54) is 36.4 Å². The van der Waals surface area contributed by atoms with Gasteiger partial charge >= 0.3 is 6.18 Å². The van der Waals surface area contributed by atoms with Crippen LogP contribution >= 0.6 is 11.8 Å². The Labute approximate surface area is 219 Å². The van der Waals surface area contributed by atoms with Crippen LogP contribution in [0.2, 0.25) is 0 Å². The molecule has 1 heterocycles. The molecule has 0 bridgehead atoms. The van der Waals surface area contributed by atoms with Crippen molar-refractivity contribution in [2.75, 3.05) is 11.1 Å². The summed E-state index contributed by atoms with van der Waals surface area (Å²) in [5.41, 5.74) is 0.459. The second-order valence-electron chi connectivity index (χ2n) is 8.14. The van der Waals surface area contributed by atoms with Crippen molar-refractivity contribution < 1.29 is 27.2 Å². The first kappa shape index (κ1) is 26.9. The Morgan fingerprint density at radius 1 is 0.974 bits per heavy atom. The molecule has 0 fully saturated rings. The minimum Gasteiger partial charge on any atom is -0.345 e. The topological polar surface area (TPSA) is 88.9 Å². The zero-order valence-corrected chi connectivity index (χ0v) is 20.7. The normalized spacial score (nSPS) is 11.3. The minimum absolute atomic E-state index is 0.0490. The highest BCUT2D eigenvalue weighted by Gasteiger charge is 2.34. The summed E-state index contributed by atoms with van der Waals surface area (Å²) < 4.78 is 54.8. The summed E-state index contributed by atoms with van der Waals surface area (Å²) in [6.45, 7) is 1.67. The van der Waals surface area contributed by atoms with Crippen molar-refractivity contribution >= 4 is 29.3 Å². The Balaban J connectivity index is 1.53. The number of hydrogen-bond donors (Lipinski definition) is 2. The molecule has 196 valence electrons. The average Bonchev–Trinajstić information content (AvgIpc) is 3.29. The van der Waals surface area contributed by atoms with Crippen LogP contribution in [0.25, 0.3) is 5.69 Å². The molecule has 0 spiro atoms. The fraction of sp³-hybridized carbons (Fsp3) is 0.154. The lowest BCUT2D eigenvalue weighted by molar-refractivity contribution is -0.138. The number of nitrogens with zero attached hydrogens (tertiary/aromatic N) is 3. The van der Waals surface area contributed by atoms with Crippen LogP contribution in [0.4, 0.5) is 23.2 Å². The number of anilines is 1. The number of halogens is 4. The van der Waals surface area contributed by atoms with Gasteiger partial charge in [0.2, 0.25) is 5.91 Å². The first-order chi connectivity index (χ1) is 18.1. The SMILES string of the molecule is Cc1cccc(-n2c(CNC(=O)c3ccccc3C(F)(F)F)nnc2SCC(=O)Nc2ccc(F)cc2)c1. The highest BCUT2D eigenvalue weighted by atomic mass is 32.2. The summed E-state index contributed by atoms with van der Waals surface area (Å²) >= 11 is 1.08. The molecule has 0 aliphatic heterocycles. The van der Waals surface area contributed by atoms with Gasteiger partial charge < -0.3 is 10.6 Å². The van der Waals surface area contributed by atoms with Crippen molar-refractivity contribution in [3.63, 3.8) is 0 Å². The van der Waals surface area contributed by atoms with E-state index in [1.807, 2.05) is 25.1 Å². The van der Waals surface area contributed by atoms with E-state index < -0.39 is 29.0 Å². The molecule has 0 saturated carbocycles. The maximum absolute atomic E-state index is 13.3. The molecule has 2 N–H and O–H groups in total. The van der Waals surface area contributed by atoms with E-state index in [0.29, 0.717) is 16.5 Å². The molecule has 1 aromatic heterocycles. The highest BCUT2D eigenvalue weighted by Crippen LogP contribution is 2.32. The van der Waals surface area contributed by atoms with Gasteiger partial charge in [-0.25, -0.2) is 4.39 Å². The van der Waals surface area contributed by atoms with E-state index in [-0.39, 0.29) is 24.0 Å². The number of aromatic nitrogens is 3. The van der Waals surface area contributed by atoms with Crippen LogP contribution in [0.3, 0.4) is 0 Å². The molecule has 0 saturated heterocycles. The molecule has 4 rings (SSSR count).